The molecule has 0 amide bonds. The van der Waals surface area contributed by atoms with E-state index in [4.69, 9.17) is 0 Å². The Bertz CT molecular complexity index is 359. The molecule has 16 heavy (non-hydrogen) atoms. The summed E-state index contributed by atoms with van der Waals surface area (Å²) < 4.78 is 0. The molecule has 1 saturated carbocycles. The van der Waals surface area contributed by atoms with Crippen molar-refractivity contribution in [3.63, 3.8) is 0 Å². The Morgan fingerprint density at radius 1 is 1.06 bits per heavy atom. The highest BCUT2D eigenvalue weighted by atomic mass is 32.2. The number of thioether (sulfide) groups is 1. The average Bonchev–Trinajstić information content (AvgIpc) is 2.74. The van der Waals surface area contributed by atoms with Crippen molar-refractivity contribution in [3.05, 3.63) is 35.9 Å². The predicted molar refractivity (Wildman–Crippen MR) is 71.9 cm³/mol. The van der Waals surface area contributed by atoms with Gasteiger partial charge in [-0.2, -0.15) is 11.8 Å². The van der Waals surface area contributed by atoms with Gasteiger partial charge in [0.05, 0.1) is 0 Å². The van der Waals surface area contributed by atoms with Gasteiger partial charge >= 0.3 is 0 Å². The van der Waals surface area contributed by atoms with Gasteiger partial charge in [0.25, 0.3) is 0 Å². The molecule has 0 aromatic heterocycles. The Balaban J connectivity index is 1.89. The molecule has 0 spiro atoms. The Labute approximate surface area is 103 Å². The van der Waals surface area contributed by atoms with Crippen molar-refractivity contribution in [3.8, 4) is 0 Å². The van der Waals surface area contributed by atoms with Crippen LogP contribution in [0.2, 0.25) is 0 Å². The number of rotatable bonds is 1. The third kappa shape index (κ3) is 1.69. The van der Waals surface area contributed by atoms with Crippen molar-refractivity contribution >= 4 is 11.8 Å². The average molecular weight is 232 g/mol. The van der Waals surface area contributed by atoms with Crippen LogP contribution in [0.15, 0.2) is 30.3 Å². The molecule has 0 radical (unpaired) electrons. The van der Waals surface area contributed by atoms with Gasteiger partial charge in [0.1, 0.15) is 0 Å². The van der Waals surface area contributed by atoms with Crippen LogP contribution in [-0.2, 0) is 0 Å². The van der Waals surface area contributed by atoms with Crippen molar-refractivity contribution in [2.45, 2.75) is 43.1 Å². The van der Waals surface area contributed by atoms with Crippen molar-refractivity contribution in [2.24, 2.45) is 11.8 Å². The summed E-state index contributed by atoms with van der Waals surface area (Å²) in [5.74, 6) is 2.69. The molecule has 2 aliphatic rings. The lowest BCUT2D eigenvalue weighted by atomic mass is 9.82. The highest BCUT2D eigenvalue weighted by Crippen LogP contribution is 2.56. The predicted octanol–water partition coefficient (Wildman–Crippen LogP) is 4.32. The van der Waals surface area contributed by atoms with Crippen LogP contribution >= 0.6 is 11.8 Å². The largest absolute Gasteiger partial charge is 0.154 e. The van der Waals surface area contributed by atoms with E-state index in [2.05, 4.69) is 55.9 Å². The molecule has 1 aromatic rings. The Morgan fingerprint density at radius 2 is 1.81 bits per heavy atom. The molecular weight excluding hydrogens is 212 g/mol. The zero-order valence-corrected chi connectivity index (χ0v) is 10.9. The fraction of sp³-hybridized carbons (Fsp3) is 0.600. The van der Waals surface area contributed by atoms with Gasteiger partial charge in [-0.15, -0.1) is 0 Å². The lowest BCUT2D eigenvalue weighted by molar-refractivity contribution is 0.443. The first-order valence-electron chi connectivity index (χ1n) is 6.46. The monoisotopic (exact) mass is 232 g/mol. The Hall–Kier alpha value is -0.430. The molecule has 0 N–H and O–H groups in total. The summed E-state index contributed by atoms with van der Waals surface area (Å²) in [4.78, 5) is 0. The van der Waals surface area contributed by atoms with E-state index in [1.165, 1.54) is 12.8 Å². The molecule has 1 saturated heterocycles. The molecule has 1 aromatic carbocycles. The van der Waals surface area contributed by atoms with E-state index in [0.29, 0.717) is 0 Å². The molecule has 0 nitrogen and oxygen atoms in total. The van der Waals surface area contributed by atoms with E-state index in [1.807, 2.05) is 0 Å². The molecule has 5 unspecified atom stereocenters. The highest BCUT2D eigenvalue weighted by Gasteiger charge is 2.46. The lowest BCUT2D eigenvalue weighted by Gasteiger charge is -2.21. The van der Waals surface area contributed by atoms with Crippen LogP contribution in [0.25, 0.3) is 0 Å². The van der Waals surface area contributed by atoms with Gasteiger partial charge in [-0.3, -0.25) is 0 Å². The molecule has 1 aliphatic carbocycles. The van der Waals surface area contributed by atoms with E-state index in [0.717, 1.165) is 28.3 Å². The molecule has 2 fully saturated rings. The zero-order valence-electron chi connectivity index (χ0n) is 10.1. The van der Waals surface area contributed by atoms with Crippen molar-refractivity contribution in [1.82, 2.24) is 0 Å². The van der Waals surface area contributed by atoms with E-state index in [9.17, 15) is 0 Å². The Morgan fingerprint density at radius 3 is 2.56 bits per heavy atom. The van der Waals surface area contributed by atoms with E-state index in [1.54, 1.807) is 5.56 Å². The van der Waals surface area contributed by atoms with Gasteiger partial charge in [0.15, 0.2) is 0 Å². The van der Waals surface area contributed by atoms with E-state index in [-0.39, 0.29) is 0 Å². The minimum Gasteiger partial charge on any atom is -0.154 e. The van der Waals surface area contributed by atoms with Gasteiger partial charge < -0.3 is 0 Å². The van der Waals surface area contributed by atoms with Crippen LogP contribution in [-0.4, -0.2) is 10.5 Å². The summed E-state index contributed by atoms with van der Waals surface area (Å²) in [6.45, 7) is 4.84. The molecule has 1 heterocycles. The lowest BCUT2D eigenvalue weighted by Crippen LogP contribution is -2.15. The van der Waals surface area contributed by atoms with E-state index >= 15 is 0 Å². The molecule has 3 rings (SSSR count). The maximum absolute atomic E-state index is 2.42. The second-order valence-corrected chi connectivity index (χ2v) is 7.18. The standard InChI is InChI=1S/C15H20S/c1-10-8-13-14(9-10)16-11(2)15(13)12-6-4-3-5-7-12/h3-7,10-11,13-15H,8-9H2,1-2H3. The van der Waals surface area contributed by atoms with Crippen LogP contribution in [0.1, 0.15) is 38.2 Å². The van der Waals surface area contributed by atoms with Gasteiger partial charge in [-0.05, 0) is 36.2 Å². The maximum atomic E-state index is 2.42. The zero-order chi connectivity index (χ0) is 11.1. The summed E-state index contributed by atoms with van der Waals surface area (Å²) in [6, 6.07) is 11.2. The first-order chi connectivity index (χ1) is 7.75. The third-order valence-corrected chi connectivity index (χ3v) is 5.94. The Kier molecular flexibility index (Phi) is 2.75. The summed E-state index contributed by atoms with van der Waals surface area (Å²) in [7, 11) is 0. The summed E-state index contributed by atoms with van der Waals surface area (Å²) in [5.41, 5.74) is 1.57. The number of benzene rings is 1. The number of fused-ring (bicyclic) bond motifs is 1. The maximum Gasteiger partial charge on any atom is 0.00934 e. The molecule has 5 atom stereocenters. The van der Waals surface area contributed by atoms with E-state index < -0.39 is 0 Å². The number of hydrogen-bond donors (Lipinski definition) is 0. The minimum atomic E-state index is 0.807. The summed E-state index contributed by atoms with van der Waals surface area (Å²) in [5, 5.41) is 1.75. The highest BCUT2D eigenvalue weighted by molar-refractivity contribution is 8.00. The van der Waals surface area contributed by atoms with Gasteiger partial charge in [-0.25, -0.2) is 0 Å². The van der Waals surface area contributed by atoms with Crippen LogP contribution in [0.4, 0.5) is 0 Å². The molecule has 1 heteroatoms. The molecular formula is C15H20S. The minimum absolute atomic E-state index is 0.807. The normalized spacial score (nSPS) is 42.2. The van der Waals surface area contributed by atoms with Crippen molar-refractivity contribution in [1.29, 1.82) is 0 Å². The SMILES string of the molecule is CC1CC2SC(C)C(c3ccccc3)C2C1. The van der Waals surface area contributed by atoms with Gasteiger partial charge in [0.2, 0.25) is 0 Å². The smallest absolute Gasteiger partial charge is 0.00934 e. The van der Waals surface area contributed by atoms with Crippen molar-refractivity contribution < 1.29 is 0 Å². The van der Waals surface area contributed by atoms with Crippen LogP contribution in [0.5, 0.6) is 0 Å². The van der Waals surface area contributed by atoms with Crippen LogP contribution in [0.3, 0.4) is 0 Å². The molecule has 86 valence electrons. The topological polar surface area (TPSA) is 0 Å². The first-order valence-corrected chi connectivity index (χ1v) is 7.40. The quantitative estimate of drug-likeness (QED) is 0.695. The first kappa shape index (κ1) is 10.7. The fourth-order valence-corrected chi connectivity index (χ4v) is 5.72. The molecule has 1 aliphatic heterocycles. The summed E-state index contributed by atoms with van der Waals surface area (Å²) >= 11 is 2.24. The van der Waals surface area contributed by atoms with Crippen LogP contribution < -0.4 is 0 Å². The van der Waals surface area contributed by atoms with Crippen LogP contribution in [0, 0.1) is 11.8 Å². The number of hydrogen-bond acceptors (Lipinski definition) is 1. The second kappa shape index (κ2) is 4.10. The molecule has 0 bridgehead atoms. The van der Waals surface area contributed by atoms with Crippen molar-refractivity contribution in [2.75, 3.05) is 0 Å². The third-order valence-electron chi connectivity index (χ3n) is 4.33. The van der Waals surface area contributed by atoms with Gasteiger partial charge in [0, 0.05) is 10.5 Å². The fourth-order valence-electron chi connectivity index (χ4n) is 3.72. The van der Waals surface area contributed by atoms with Gasteiger partial charge in [-0.1, -0.05) is 44.2 Å². The second-order valence-electron chi connectivity index (χ2n) is 5.56. The summed E-state index contributed by atoms with van der Waals surface area (Å²) in [6.07, 6.45) is 2.89.